The van der Waals surface area contributed by atoms with Gasteiger partial charge in [-0.2, -0.15) is 5.10 Å². The molecule has 8 nitrogen and oxygen atoms in total. The predicted molar refractivity (Wildman–Crippen MR) is 109 cm³/mol. The molecule has 8 heteroatoms. The topological polar surface area (TPSA) is 81.0 Å². The molecule has 4 heterocycles. The molecule has 1 fully saturated rings. The Balaban J connectivity index is 1.57. The van der Waals surface area contributed by atoms with Crippen LogP contribution in [0.4, 0.5) is 5.82 Å². The van der Waals surface area contributed by atoms with Gasteiger partial charge in [-0.15, -0.1) is 0 Å². The summed E-state index contributed by atoms with van der Waals surface area (Å²) >= 11 is 0. The van der Waals surface area contributed by atoms with Gasteiger partial charge in [-0.25, -0.2) is 9.50 Å². The summed E-state index contributed by atoms with van der Waals surface area (Å²) in [6.45, 7) is 6.07. The first kappa shape index (κ1) is 18.1. The molecule has 2 aromatic heterocycles. The SMILES string of the molecule is CC(=O)c1cc2cc(c1)-c1cnn3ccc(nc13)NCCN(C1COC1)CCO2. The molecule has 3 aromatic rings. The van der Waals surface area contributed by atoms with Crippen molar-refractivity contribution >= 4 is 17.2 Å². The van der Waals surface area contributed by atoms with Crippen molar-refractivity contribution in [3.63, 3.8) is 0 Å². The van der Waals surface area contributed by atoms with Gasteiger partial charge >= 0.3 is 0 Å². The molecule has 29 heavy (non-hydrogen) atoms. The lowest BCUT2D eigenvalue weighted by atomic mass is 10.0. The number of fused-ring (bicyclic) bond motifs is 4. The fraction of sp³-hybridized carbons (Fsp3) is 0.381. The van der Waals surface area contributed by atoms with E-state index in [4.69, 9.17) is 14.5 Å². The molecule has 2 aliphatic rings. The minimum Gasteiger partial charge on any atom is -0.492 e. The Hall–Kier alpha value is -2.97. The number of hydrogen-bond acceptors (Lipinski definition) is 7. The highest BCUT2D eigenvalue weighted by Gasteiger charge is 2.25. The Morgan fingerprint density at radius 2 is 2.14 bits per heavy atom. The summed E-state index contributed by atoms with van der Waals surface area (Å²) in [6.07, 6.45) is 3.67. The van der Waals surface area contributed by atoms with E-state index in [2.05, 4.69) is 15.3 Å². The molecule has 0 aliphatic carbocycles. The summed E-state index contributed by atoms with van der Waals surface area (Å²) in [5.41, 5.74) is 3.09. The smallest absolute Gasteiger partial charge is 0.165 e. The largest absolute Gasteiger partial charge is 0.492 e. The molecule has 4 bridgehead atoms. The normalized spacial score (nSPS) is 18.0. The molecule has 0 radical (unpaired) electrons. The molecular weight excluding hydrogens is 370 g/mol. The van der Waals surface area contributed by atoms with Gasteiger partial charge in [-0.1, -0.05) is 0 Å². The van der Waals surface area contributed by atoms with Crippen LogP contribution >= 0.6 is 0 Å². The van der Waals surface area contributed by atoms with E-state index in [0.717, 1.165) is 55.4 Å². The molecule has 0 unspecified atom stereocenters. The monoisotopic (exact) mass is 393 g/mol. The average molecular weight is 393 g/mol. The number of anilines is 1. The van der Waals surface area contributed by atoms with Crippen molar-refractivity contribution in [2.75, 3.05) is 44.8 Å². The van der Waals surface area contributed by atoms with E-state index in [-0.39, 0.29) is 5.78 Å². The molecule has 0 amide bonds. The summed E-state index contributed by atoms with van der Waals surface area (Å²) < 4.78 is 13.2. The minimum atomic E-state index is -0.00199. The van der Waals surface area contributed by atoms with Gasteiger partial charge in [-0.3, -0.25) is 9.69 Å². The van der Waals surface area contributed by atoms with Gasteiger partial charge in [0.15, 0.2) is 11.4 Å². The lowest BCUT2D eigenvalue weighted by Gasteiger charge is -2.37. The van der Waals surface area contributed by atoms with Crippen LogP contribution in [0.25, 0.3) is 16.8 Å². The second-order valence-electron chi connectivity index (χ2n) is 7.44. The first-order valence-electron chi connectivity index (χ1n) is 9.86. The van der Waals surface area contributed by atoms with Gasteiger partial charge < -0.3 is 14.8 Å². The van der Waals surface area contributed by atoms with Crippen LogP contribution in [0.5, 0.6) is 5.75 Å². The van der Waals surface area contributed by atoms with Crippen LogP contribution < -0.4 is 10.1 Å². The maximum absolute atomic E-state index is 12.1. The number of Topliss-reactive ketones (excluding diaryl/α,β-unsaturated/α-hetero) is 1. The van der Waals surface area contributed by atoms with Gasteiger partial charge in [0.25, 0.3) is 0 Å². The quantitative estimate of drug-likeness (QED) is 0.668. The summed E-state index contributed by atoms with van der Waals surface area (Å²) in [6, 6.07) is 7.98. The van der Waals surface area contributed by atoms with E-state index in [9.17, 15) is 4.79 Å². The molecule has 1 N–H and O–H groups in total. The van der Waals surface area contributed by atoms with Crippen LogP contribution in [-0.4, -0.2) is 70.8 Å². The molecule has 1 aromatic carbocycles. The van der Waals surface area contributed by atoms with E-state index in [1.165, 1.54) is 0 Å². The number of hydrogen-bond donors (Lipinski definition) is 1. The number of nitrogens with one attached hydrogen (secondary N) is 1. The van der Waals surface area contributed by atoms with Gasteiger partial charge in [0, 0.05) is 37.0 Å². The third-order valence-electron chi connectivity index (χ3n) is 5.48. The van der Waals surface area contributed by atoms with E-state index in [1.807, 2.05) is 24.4 Å². The standard InChI is InChI=1S/C21H23N5O3/c1-14(27)15-8-16-10-18(9-15)29-7-6-25(17-12-28-13-17)5-3-22-20-2-4-26-21(24-20)19(16)11-23-26/h2,4,8-11,17H,3,5-7,12-13H2,1H3,(H,22,24). The first-order valence-corrected chi connectivity index (χ1v) is 9.86. The third-order valence-corrected chi connectivity index (χ3v) is 5.48. The summed E-state index contributed by atoms with van der Waals surface area (Å²) in [7, 11) is 0. The lowest BCUT2D eigenvalue weighted by Crippen LogP contribution is -2.51. The number of carbonyl (C=O) groups excluding carboxylic acids is 1. The molecule has 2 aliphatic heterocycles. The van der Waals surface area contributed by atoms with Crippen LogP contribution in [0.3, 0.4) is 0 Å². The number of nitrogens with zero attached hydrogens (tertiary/aromatic N) is 4. The van der Waals surface area contributed by atoms with Gasteiger partial charge in [0.1, 0.15) is 18.2 Å². The minimum absolute atomic E-state index is 0.00199. The molecule has 0 spiro atoms. The molecule has 0 saturated carbocycles. The van der Waals surface area contributed by atoms with E-state index < -0.39 is 0 Å². The Morgan fingerprint density at radius 1 is 1.24 bits per heavy atom. The summed E-state index contributed by atoms with van der Waals surface area (Å²) in [5.74, 6) is 1.49. The van der Waals surface area contributed by atoms with Crippen molar-refractivity contribution in [3.8, 4) is 16.9 Å². The van der Waals surface area contributed by atoms with Crippen molar-refractivity contribution in [2.24, 2.45) is 0 Å². The van der Waals surface area contributed by atoms with E-state index in [0.29, 0.717) is 24.0 Å². The lowest BCUT2D eigenvalue weighted by molar-refractivity contribution is -0.0660. The van der Waals surface area contributed by atoms with Crippen LogP contribution in [0.1, 0.15) is 17.3 Å². The zero-order valence-electron chi connectivity index (χ0n) is 16.3. The van der Waals surface area contributed by atoms with Crippen LogP contribution in [0.2, 0.25) is 0 Å². The van der Waals surface area contributed by atoms with Crippen LogP contribution in [0.15, 0.2) is 36.7 Å². The number of ether oxygens (including phenoxy) is 2. The highest BCUT2D eigenvalue weighted by molar-refractivity contribution is 5.96. The number of aromatic nitrogens is 3. The average Bonchev–Trinajstić information content (AvgIpc) is 3.09. The summed E-state index contributed by atoms with van der Waals surface area (Å²) in [5, 5.41) is 7.82. The second-order valence-corrected chi connectivity index (χ2v) is 7.44. The molecule has 0 atom stereocenters. The number of rotatable bonds is 2. The Labute approximate surface area is 168 Å². The van der Waals surface area contributed by atoms with Gasteiger partial charge in [-0.05, 0) is 36.8 Å². The van der Waals surface area contributed by atoms with Crippen molar-refractivity contribution in [2.45, 2.75) is 13.0 Å². The first-order chi connectivity index (χ1) is 14.2. The highest BCUT2D eigenvalue weighted by atomic mass is 16.5. The van der Waals surface area contributed by atoms with Crippen LogP contribution in [0, 0.1) is 0 Å². The van der Waals surface area contributed by atoms with E-state index in [1.54, 1.807) is 23.7 Å². The zero-order valence-corrected chi connectivity index (χ0v) is 16.3. The van der Waals surface area contributed by atoms with Crippen molar-refractivity contribution in [1.29, 1.82) is 0 Å². The molecule has 150 valence electrons. The Bertz CT molecular complexity index is 1060. The highest BCUT2D eigenvalue weighted by Crippen LogP contribution is 2.29. The molecule has 5 rings (SSSR count). The molecular formula is C21H23N5O3. The second kappa shape index (κ2) is 7.46. The maximum atomic E-state index is 12.1. The predicted octanol–water partition coefficient (Wildman–Crippen LogP) is 2.10. The summed E-state index contributed by atoms with van der Waals surface area (Å²) in [4.78, 5) is 19.2. The Morgan fingerprint density at radius 3 is 2.93 bits per heavy atom. The van der Waals surface area contributed by atoms with E-state index >= 15 is 0 Å². The number of ketones is 1. The fourth-order valence-corrected chi connectivity index (χ4v) is 3.73. The van der Waals surface area contributed by atoms with Crippen molar-refractivity contribution < 1.29 is 14.3 Å². The van der Waals surface area contributed by atoms with Crippen molar-refractivity contribution in [3.05, 3.63) is 42.2 Å². The third kappa shape index (κ3) is 3.56. The zero-order chi connectivity index (χ0) is 19.8. The van der Waals surface area contributed by atoms with Crippen molar-refractivity contribution in [1.82, 2.24) is 19.5 Å². The fourth-order valence-electron chi connectivity index (χ4n) is 3.73. The molecule has 1 saturated heterocycles. The van der Waals surface area contributed by atoms with Gasteiger partial charge in [0.05, 0.1) is 25.5 Å². The van der Waals surface area contributed by atoms with Gasteiger partial charge in [0.2, 0.25) is 0 Å². The van der Waals surface area contributed by atoms with Crippen LogP contribution in [-0.2, 0) is 4.74 Å². The maximum Gasteiger partial charge on any atom is 0.165 e. The number of carbonyl (C=O) groups is 1. The Kier molecular flexibility index (Phi) is 4.65. The number of benzene rings is 1.